The minimum absolute atomic E-state index is 0.132. The van der Waals surface area contributed by atoms with Crippen molar-refractivity contribution in [1.82, 2.24) is 9.97 Å². The zero-order valence-electron chi connectivity index (χ0n) is 8.40. The number of imidazole rings is 1. The fraction of sp³-hybridized carbons (Fsp3) is 0.182. The molecule has 2 rings (SSSR count). The summed E-state index contributed by atoms with van der Waals surface area (Å²) in [6.45, 7) is -0.132. The van der Waals surface area contributed by atoms with E-state index in [0.29, 0.717) is 17.4 Å². The summed E-state index contributed by atoms with van der Waals surface area (Å²) >= 11 is 0. The number of rotatable bonds is 3. The number of ether oxygens (including phenoxy) is 1. The van der Waals surface area contributed by atoms with Crippen LogP contribution in [0.5, 0.6) is 5.88 Å². The fourth-order valence-corrected chi connectivity index (χ4v) is 1.40. The maximum absolute atomic E-state index is 9.05. The largest absolute Gasteiger partial charge is 0.481 e. The van der Waals surface area contributed by atoms with Gasteiger partial charge in [-0.3, -0.25) is 0 Å². The summed E-state index contributed by atoms with van der Waals surface area (Å²) in [4.78, 5) is 7.24. The minimum atomic E-state index is -0.132. The Morgan fingerprint density at radius 2 is 2.07 bits per heavy atom. The van der Waals surface area contributed by atoms with E-state index in [0.717, 1.165) is 5.56 Å². The van der Waals surface area contributed by atoms with E-state index in [2.05, 4.69) is 9.97 Å². The van der Waals surface area contributed by atoms with Gasteiger partial charge in [-0.15, -0.1) is 0 Å². The number of aliphatic hydroxyl groups is 1. The smallest absolute Gasteiger partial charge is 0.216 e. The van der Waals surface area contributed by atoms with Gasteiger partial charge >= 0.3 is 0 Å². The van der Waals surface area contributed by atoms with Crippen LogP contribution in [0, 0.1) is 0 Å². The van der Waals surface area contributed by atoms with E-state index in [4.69, 9.17) is 9.84 Å². The molecule has 0 saturated carbocycles. The first-order valence-electron chi connectivity index (χ1n) is 4.64. The van der Waals surface area contributed by atoms with Crippen molar-refractivity contribution in [2.45, 2.75) is 6.61 Å². The molecule has 0 aliphatic carbocycles. The van der Waals surface area contributed by atoms with Crippen molar-refractivity contribution in [3.8, 4) is 17.3 Å². The number of nitrogens with zero attached hydrogens (tertiary/aromatic N) is 1. The molecule has 0 saturated heterocycles. The molecule has 0 aliphatic rings. The predicted octanol–water partition coefficient (Wildman–Crippen LogP) is 1.58. The van der Waals surface area contributed by atoms with E-state index >= 15 is 0 Å². The summed E-state index contributed by atoms with van der Waals surface area (Å²) in [6.07, 6.45) is 0. The second-order valence-corrected chi connectivity index (χ2v) is 3.09. The van der Waals surface area contributed by atoms with Crippen LogP contribution in [0.3, 0.4) is 0 Å². The van der Waals surface area contributed by atoms with Crippen LogP contribution in [0.25, 0.3) is 11.4 Å². The lowest BCUT2D eigenvalue weighted by Crippen LogP contribution is -1.89. The van der Waals surface area contributed by atoms with Crippen molar-refractivity contribution in [1.29, 1.82) is 0 Å². The lowest BCUT2D eigenvalue weighted by atomic mass is 10.2. The molecule has 1 heterocycles. The van der Waals surface area contributed by atoms with Crippen molar-refractivity contribution < 1.29 is 9.84 Å². The van der Waals surface area contributed by atoms with Gasteiger partial charge in [0.1, 0.15) is 11.5 Å². The number of benzene rings is 1. The Morgan fingerprint density at radius 1 is 1.33 bits per heavy atom. The molecule has 0 atom stereocenters. The third-order valence-electron chi connectivity index (χ3n) is 2.14. The highest BCUT2D eigenvalue weighted by Crippen LogP contribution is 2.22. The monoisotopic (exact) mass is 204 g/mol. The van der Waals surface area contributed by atoms with E-state index in [-0.39, 0.29) is 6.61 Å². The van der Waals surface area contributed by atoms with Gasteiger partial charge < -0.3 is 14.8 Å². The normalized spacial score (nSPS) is 10.3. The van der Waals surface area contributed by atoms with Crippen molar-refractivity contribution in [2.75, 3.05) is 7.11 Å². The summed E-state index contributed by atoms with van der Waals surface area (Å²) in [6, 6.07) is 9.70. The quantitative estimate of drug-likeness (QED) is 0.798. The van der Waals surface area contributed by atoms with Crippen LogP contribution in [0.1, 0.15) is 5.69 Å². The number of H-pyrrole nitrogens is 1. The third kappa shape index (κ3) is 1.85. The SMILES string of the molecule is COc1[nH]c(-c2ccccc2)nc1CO. The predicted molar refractivity (Wildman–Crippen MR) is 56.5 cm³/mol. The van der Waals surface area contributed by atoms with E-state index in [1.807, 2.05) is 30.3 Å². The summed E-state index contributed by atoms with van der Waals surface area (Å²) in [5, 5.41) is 9.05. The molecule has 0 aliphatic heterocycles. The first-order chi connectivity index (χ1) is 7.35. The highest BCUT2D eigenvalue weighted by molar-refractivity contribution is 5.56. The van der Waals surface area contributed by atoms with E-state index in [1.165, 1.54) is 0 Å². The van der Waals surface area contributed by atoms with Gasteiger partial charge in [-0.25, -0.2) is 4.98 Å². The number of aromatic nitrogens is 2. The molecule has 1 aromatic heterocycles. The van der Waals surface area contributed by atoms with Crippen molar-refractivity contribution in [3.63, 3.8) is 0 Å². The Kier molecular flexibility index (Phi) is 2.69. The average Bonchev–Trinajstić information content (AvgIpc) is 2.73. The van der Waals surface area contributed by atoms with Crippen molar-refractivity contribution >= 4 is 0 Å². The molecule has 2 N–H and O–H groups in total. The average molecular weight is 204 g/mol. The Morgan fingerprint density at radius 3 is 2.60 bits per heavy atom. The van der Waals surface area contributed by atoms with Crippen LogP contribution in [0.15, 0.2) is 30.3 Å². The molecule has 0 bridgehead atoms. The van der Waals surface area contributed by atoms with Gasteiger partial charge in [-0.2, -0.15) is 0 Å². The van der Waals surface area contributed by atoms with Crippen LogP contribution in [-0.2, 0) is 6.61 Å². The van der Waals surface area contributed by atoms with E-state index in [9.17, 15) is 0 Å². The van der Waals surface area contributed by atoms with Gasteiger partial charge in [0, 0.05) is 5.56 Å². The molecule has 15 heavy (non-hydrogen) atoms. The Labute approximate surface area is 87.6 Å². The lowest BCUT2D eigenvalue weighted by Gasteiger charge is -1.95. The number of hydrogen-bond acceptors (Lipinski definition) is 3. The minimum Gasteiger partial charge on any atom is -0.481 e. The van der Waals surface area contributed by atoms with Gasteiger partial charge in [0.05, 0.1) is 13.7 Å². The third-order valence-corrected chi connectivity index (χ3v) is 2.14. The lowest BCUT2D eigenvalue weighted by molar-refractivity contribution is 0.268. The van der Waals surface area contributed by atoms with Crippen LogP contribution >= 0.6 is 0 Å². The van der Waals surface area contributed by atoms with Crippen LogP contribution in [0.2, 0.25) is 0 Å². The molecule has 0 fully saturated rings. The molecule has 0 unspecified atom stereocenters. The van der Waals surface area contributed by atoms with Crippen molar-refractivity contribution in [3.05, 3.63) is 36.0 Å². The zero-order valence-corrected chi connectivity index (χ0v) is 8.40. The highest BCUT2D eigenvalue weighted by atomic mass is 16.5. The highest BCUT2D eigenvalue weighted by Gasteiger charge is 2.10. The first kappa shape index (κ1) is 9.73. The molecular weight excluding hydrogens is 192 g/mol. The van der Waals surface area contributed by atoms with Crippen LogP contribution in [0.4, 0.5) is 0 Å². The molecule has 78 valence electrons. The van der Waals surface area contributed by atoms with E-state index < -0.39 is 0 Å². The second kappa shape index (κ2) is 4.14. The molecule has 0 amide bonds. The van der Waals surface area contributed by atoms with Crippen LogP contribution in [-0.4, -0.2) is 22.2 Å². The zero-order chi connectivity index (χ0) is 10.7. The maximum Gasteiger partial charge on any atom is 0.216 e. The fourth-order valence-electron chi connectivity index (χ4n) is 1.40. The summed E-state index contributed by atoms with van der Waals surface area (Å²) < 4.78 is 5.06. The van der Waals surface area contributed by atoms with E-state index in [1.54, 1.807) is 7.11 Å². The van der Waals surface area contributed by atoms with Gasteiger partial charge in [0.2, 0.25) is 5.88 Å². The maximum atomic E-state index is 9.05. The number of aliphatic hydroxyl groups excluding tert-OH is 1. The number of hydrogen-bond donors (Lipinski definition) is 2. The Bertz CT molecular complexity index is 416. The van der Waals surface area contributed by atoms with Gasteiger partial charge in [-0.1, -0.05) is 30.3 Å². The molecule has 1 aromatic carbocycles. The molecular formula is C11H12N2O2. The molecule has 2 aromatic rings. The Balaban J connectivity index is 2.42. The summed E-state index contributed by atoms with van der Waals surface area (Å²) in [5.74, 6) is 1.22. The first-order valence-corrected chi connectivity index (χ1v) is 4.64. The van der Waals surface area contributed by atoms with Gasteiger partial charge in [0.25, 0.3) is 0 Å². The van der Waals surface area contributed by atoms with Gasteiger partial charge in [0.15, 0.2) is 0 Å². The Hall–Kier alpha value is -1.81. The second-order valence-electron chi connectivity index (χ2n) is 3.09. The number of methoxy groups -OCH3 is 1. The summed E-state index contributed by atoms with van der Waals surface area (Å²) in [7, 11) is 1.54. The topological polar surface area (TPSA) is 58.1 Å². The molecule has 0 spiro atoms. The van der Waals surface area contributed by atoms with Gasteiger partial charge in [-0.05, 0) is 0 Å². The summed E-state index contributed by atoms with van der Waals surface area (Å²) in [5.41, 5.74) is 1.49. The molecule has 4 nitrogen and oxygen atoms in total. The number of aromatic amines is 1. The molecule has 0 radical (unpaired) electrons. The van der Waals surface area contributed by atoms with Crippen LogP contribution < -0.4 is 4.74 Å². The number of nitrogens with one attached hydrogen (secondary N) is 1. The molecule has 4 heteroatoms. The standard InChI is InChI=1S/C11H12N2O2/c1-15-11-9(7-14)12-10(13-11)8-5-3-2-4-6-8/h2-6,14H,7H2,1H3,(H,12,13). The van der Waals surface area contributed by atoms with Crippen molar-refractivity contribution in [2.24, 2.45) is 0 Å².